The van der Waals surface area contributed by atoms with E-state index in [0.29, 0.717) is 19.3 Å². The Balaban J connectivity index is 4.41. The third kappa shape index (κ3) is 50.0. The molecule has 0 N–H and O–H groups in total. The second-order valence-corrected chi connectivity index (χ2v) is 17.8. The molecule has 0 fully saturated rings. The summed E-state index contributed by atoms with van der Waals surface area (Å²) in [5.41, 5.74) is 0. The van der Waals surface area contributed by atoms with Crippen LogP contribution in [0.4, 0.5) is 0 Å². The van der Waals surface area contributed by atoms with Crippen molar-refractivity contribution in [2.24, 2.45) is 0 Å². The number of unbranched alkanes of at least 4 members (excludes halogenated alkanes) is 28. The van der Waals surface area contributed by atoms with Crippen LogP contribution >= 0.6 is 0 Å². The van der Waals surface area contributed by atoms with Crippen LogP contribution in [0.1, 0.15) is 265 Å². The molecule has 0 aromatic carbocycles. The second kappa shape index (κ2) is 51.7. The monoisotopic (exact) mass is 881 g/mol. The van der Waals surface area contributed by atoms with E-state index >= 15 is 0 Å². The predicted octanol–water partition coefficient (Wildman–Crippen LogP) is 17.6. The van der Waals surface area contributed by atoms with Crippen molar-refractivity contribution in [2.45, 2.75) is 271 Å². The normalized spacial score (nSPS) is 12.5. The van der Waals surface area contributed by atoms with Crippen molar-refractivity contribution in [1.82, 2.24) is 0 Å². The highest BCUT2D eigenvalue weighted by Gasteiger charge is 2.19. The van der Waals surface area contributed by atoms with Crippen molar-refractivity contribution < 1.29 is 28.6 Å². The standard InChI is InChI=1S/C57H100O6/c1-4-7-10-13-16-19-22-25-28-30-32-35-38-41-44-47-50-56(59)62-53-54(52-61-55(58)49-46-43-40-37-34-31-27-24-21-18-15-12-9-6-3)63-57(60)51-48-45-42-39-36-33-29-26-23-20-17-14-11-8-5-2/h9,12,17-18,20-21,23,26,28,30,54H,4-8,10-11,13-16,19,22,24-25,27,29,31-53H2,1-3H3/b12-9-,20-17-,21-18-,26-23-,30-28-. The number of rotatable bonds is 48. The molecule has 0 amide bonds. The van der Waals surface area contributed by atoms with Gasteiger partial charge in [0.25, 0.3) is 0 Å². The molecule has 0 rings (SSSR count). The minimum Gasteiger partial charge on any atom is -0.462 e. The van der Waals surface area contributed by atoms with Crippen molar-refractivity contribution in [3.8, 4) is 0 Å². The van der Waals surface area contributed by atoms with Gasteiger partial charge >= 0.3 is 17.9 Å². The quantitative estimate of drug-likeness (QED) is 0.0199. The maximum Gasteiger partial charge on any atom is 0.306 e. The highest BCUT2D eigenvalue weighted by Crippen LogP contribution is 2.14. The van der Waals surface area contributed by atoms with Gasteiger partial charge in [-0.1, -0.05) is 210 Å². The van der Waals surface area contributed by atoms with Crippen molar-refractivity contribution in [1.29, 1.82) is 0 Å². The molecule has 0 spiro atoms. The summed E-state index contributed by atoms with van der Waals surface area (Å²) in [5, 5.41) is 0. The van der Waals surface area contributed by atoms with E-state index in [-0.39, 0.29) is 31.1 Å². The van der Waals surface area contributed by atoms with Gasteiger partial charge in [0.05, 0.1) is 0 Å². The molecule has 6 nitrogen and oxygen atoms in total. The Morgan fingerprint density at radius 3 is 1.10 bits per heavy atom. The third-order valence-electron chi connectivity index (χ3n) is 11.5. The molecule has 0 radical (unpaired) electrons. The van der Waals surface area contributed by atoms with Gasteiger partial charge in [-0.15, -0.1) is 0 Å². The van der Waals surface area contributed by atoms with Gasteiger partial charge in [0.15, 0.2) is 6.10 Å². The van der Waals surface area contributed by atoms with E-state index < -0.39 is 6.10 Å². The fourth-order valence-electron chi connectivity index (χ4n) is 7.47. The van der Waals surface area contributed by atoms with E-state index in [1.165, 1.54) is 128 Å². The lowest BCUT2D eigenvalue weighted by atomic mass is 10.1. The van der Waals surface area contributed by atoms with E-state index in [1.54, 1.807) is 0 Å². The van der Waals surface area contributed by atoms with Crippen LogP contribution in [0.25, 0.3) is 0 Å². The summed E-state index contributed by atoms with van der Waals surface area (Å²) < 4.78 is 16.8. The van der Waals surface area contributed by atoms with Crippen LogP contribution in [0.15, 0.2) is 60.8 Å². The Labute approximate surface area is 390 Å². The molecule has 1 atom stereocenters. The number of carbonyl (C=O) groups is 3. The summed E-state index contributed by atoms with van der Waals surface area (Å²) in [6.45, 7) is 6.49. The van der Waals surface area contributed by atoms with Crippen molar-refractivity contribution >= 4 is 17.9 Å². The van der Waals surface area contributed by atoms with Crippen LogP contribution in [-0.4, -0.2) is 37.2 Å². The lowest BCUT2D eigenvalue weighted by Crippen LogP contribution is -2.30. The van der Waals surface area contributed by atoms with Crippen LogP contribution in [0.3, 0.4) is 0 Å². The molecule has 0 aliphatic carbocycles. The van der Waals surface area contributed by atoms with Crippen LogP contribution in [0, 0.1) is 0 Å². The molecule has 0 saturated heterocycles. The summed E-state index contributed by atoms with van der Waals surface area (Å²) in [6, 6.07) is 0. The highest BCUT2D eigenvalue weighted by molar-refractivity contribution is 5.71. The van der Waals surface area contributed by atoms with Crippen LogP contribution < -0.4 is 0 Å². The molecule has 6 heteroatoms. The summed E-state index contributed by atoms with van der Waals surface area (Å²) >= 11 is 0. The van der Waals surface area contributed by atoms with E-state index in [2.05, 4.69) is 81.5 Å². The zero-order chi connectivity index (χ0) is 45.8. The number of ether oxygens (including phenoxy) is 3. The zero-order valence-corrected chi connectivity index (χ0v) is 41.6. The van der Waals surface area contributed by atoms with Crippen LogP contribution in [-0.2, 0) is 28.6 Å². The van der Waals surface area contributed by atoms with E-state index in [4.69, 9.17) is 14.2 Å². The first-order chi connectivity index (χ1) is 31.0. The van der Waals surface area contributed by atoms with Gasteiger partial charge < -0.3 is 14.2 Å². The first kappa shape index (κ1) is 60.1. The predicted molar refractivity (Wildman–Crippen MR) is 270 cm³/mol. The van der Waals surface area contributed by atoms with Gasteiger partial charge in [0.2, 0.25) is 0 Å². The minimum absolute atomic E-state index is 0.0855. The minimum atomic E-state index is -0.786. The SMILES string of the molecule is CC/C=C\C/C=C\CCCCCCCCCC(=O)OCC(COC(=O)CCCCCCC/C=C\CCCCCCCCC)OC(=O)CCCCCCCC/C=C\C=C/CCCCC. The first-order valence-corrected chi connectivity index (χ1v) is 26.8. The molecular formula is C57H100O6. The molecular weight excluding hydrogens is 781 g/mol. The number of carbonyl (C=O) groups excluding carboxylic acids is 3. The van der Waals surface area contributed by atoms with Gasteiger partial charge in [-0.05, 0) is 96.3 Å². The molecule has 0 heterocycles. The maximum atomic E-state index is 12.8. The average molecular weight is 881 g/mol. The Morgan fingerprint density at radius 2 is 0.667 bits per heavy atom. The van der Waals surface area contributed by atoms with Gasteiger partial charge in [-0.25, -0.2) is 0 Å². The average Bonchev–Trinajstić information content (AvgIpc) is 3.28. The largest absolute Gasteiger partial charge is 0.462 e. The zero-order valence-electron chi connectivity index (χ0n) is 41.6. The Bertz CT molecular complexity index is 1150. The summed E-state index contributed by atoms with van der Waals surface area (Å²) in [7, 11) is 0. The molecule has 0 aliphatic heterocycles. The number of allylic oxidation sites excluding steroid dienone is 10. The molecule has 63 heavy (non-hydrogen) atoms. The van der Waals surface area contributed by atoms with Crippen LogP contribution in [0.2, 0.25) is 0 Å². The molecule has 0 saturated carbocycles. The van der Waals surface area contributed by atoms with Gasteiger partial charge in [0.1, 0.15) is 13.2 Å². The molecule has 0 bridgehead atoms. The third-order valence-corrected chi connectivity index (χ3v) is 11.5. The Kier molecular flexibility index (Phi) is 49.4. The van der Waals surface area contributed by atoms with Crippen LogP contribution in [0.5, 0.6) is 0 Å². The fourth-order valence-corrected chi connectivity index (χ4v) is 7.47. The molecule has 0 aliphatic rings. The van der Waals surface area contributed by atoms with Crippen molar-refractivity contribution in [3.63, 3.8) is 0 Å². The second-order valence-electron chi connectivity index (χ2n) is 17.8. The van der Waals surface area contributed by atoms with Crippen molar-refractivity contribution in [2.75, 3.05) is 13.2 Å². The molecule has 0 aromatic rings. The summed E-state index contributed by atoms with van der Waals surface area (Å²) in [4.78, 5) is 38.0. The molecule has 1 unspecified atom stereocenters. The van der Waals surface area contributed by atoms with E-state index in [9.17, 15) is 14.4 Å². The highest BCUT2D eigenvalue weighted by atomic mass is 16.6. The Hall–Kier alpha value is -2.89. The lowest BCUT2D eigenvalue weighted by Gasteiger charge is -2.18. The fraction of sp³-hybridized carbons (Fsp3) is 0.772. The van der Waals surface area contributed by atoms with E-state index in [0.717, 1.165) is 96.3 Å². The van der Waals surface area contributed by atoms with Gasteiger partial charge in [0, 0.05) is 19.3 Å². The number of hydrogen-bond acceptors (Lipinski definition) is 6. The topological polar surface area (TPSA) is 78.9 Å². The number of hydrogen-bond donors (Lipinski definition) is 0. The lowest BCUT2D eigenvalue weighted by molar-refractivity contribution is -0.167. The molecule has 0 aromatic heterocycles. The van der Waals surface area contributed by atoms with Crippen molar-refractivity contribution in [3.05, 3.63) is 60.8 Å². The summed E-state index contributed by atoms with van der Waals surface area (Å²) in [5.74, 6) is -0.907. The Morgan fingerprint density at radius 1 is 0.349 bits per heavy atom. The molecule has 364 valence electrons. The number of esters is 3. The summed E-state index contributed by atoms with van der Waals surface area (Å²) in [6.07, 6.45) is 63.4. The first-order valence-electron chi connectivity index (χ1n) is 26.8. The van der Waals surface area contributed by atoms with Gasteiger partial charge in [-0.2, -0.15) is 0 Å². The smallest absolute Gasteiger partial charge is 0.306 e. The van der Waals surface area contributed by atoms with E-state index in [1.807, 2.05) is 0 Å². The maximum absolute atomic E-state index is 12.8. The van der Waals surface area contributed by atoms with Gasteiger partial charge in [-0.3, -0.25) is 14.4 Å².